The van der Waals surface area contributed by atoms with Crippen LogP contribution in [0, 0.1) is 0 Å². The Morgan fingerprint density at radius 2 is 2.09 bits per heavy atom. The summed E-state index contributed by atoms with van der Waals surface area (Å²) in [5.41, 5.74) is 0.464. The Labute approximate surface area is 67.3 Å². The van der Waals surface area contributed by atoms with Crippen LogP contribution >= 0.6 is 0 Å². The van der Waals surface area contributed by atoms with Crippen LogP contribution in [0.3, 0.4) is 0 Å². The number of amides is 1. The molecule has 11 heavy (non-hydrogen) atoms. The minimum absolute atomic E-state index is 0.147. The number of rotatable bonds is 3. The molecule has 0 heterocycles. The summed E-state index contributed by atoms with van der Waals surface area (Å²) >= 11 is 0. The van der Waals surface area contributed by atoms with Gasteiger partial charge in [-0.3, -0.25) is 4.79 Å². The fraction of sp³-hybridized carbons (Fsp3) is 0.222. The van der Waals surface area contributed by atoms with E-state index in [4.69, 9.17) is 0 Å². The Morgan fingerprint density at radius 3 is 2.55 bits per heavy atom. The Bertz CT molecular complexity index is 202. The number of allylic oxidation sites excluding steroid dienone is 3. The van der Waals surface area contributed by atoms with Gasteiger partial charge in [0.2, 0.25) is 5.91 Å². The van der Waals surface area contributed by atoms with Crippen molar-refractivity contribution in [3.8, 4) is 0 Å². The Hall–Kier alpha value is -1.31. The smallest absolute Gasteiger partial charge is 0.250 e. The standard InChI is InChI=1S/C9H13NO/c1-4-5-6-7-8(2)9(11)10-3/h4-7H,2H2,1,3H3,(H,10,11)/b5-4-,7-6-. The van der Waals surface area contributed by atoms with Crippen LogP contribution < -0.4 is 5.32 Å². The molecular weight excluding hydrogens is 138 g/mol. The van der Waals surface area contributed by atoms with Crippen molar-refractivity contribution in [3.05, 3.63) is 36.5 Å². The van der Waals surface area contributed by atoms with Gasteiger partial charge in [0.05, 0.1) is 0 Å². The lowest BCUT2D eigenvalue weighted by atomic mass is 10.2. The van der Waals surface area contributed by atoms with Gasteiger partial charge in [-0.05, 0) is 6.92 Å². The molecule has 60 valence electrons. The number of hydrogen-bond acceptors (Lipinski definition) is 1. The van der Waals surface area contributed by atoms with E-state index in [1.807, 2.05) is 19.1 Å². The minimum atomic E-state index is -0.147. The predicted molar refractivity (Wildman–Crippen MR) is 47.2 cm³/mol. The number of likely N-dealkylation sites (N-methyl/N-ethyl adjacent to an activating group) is 1. The van der Waals surface area contributed by atoms with E-state index in [-0.39, 0.29) is 5.91 Å². The van der Waals surface area contributed by atoms with E-state index < -0.39 is 0 Å². The normalized spacial score (nSPS) is 10.7. The van der Waals surface area contributed by atoms with Crippen LogP contribution in [0.5, 0.6) is 0 Å². The van der Waals surface area contributed by atoms with Crippen LogP contribution in [0.4, 0.5) is 0 Å². The van der Waals surface area contributed by atoms with Crippen molar-refractivity contribution < 1.29 is 4.79 Å². The average molecular weight is 151 g/mol. The first kappa shape index (κ1) is 9.69. The van der Waals surface area contributed by atoms with E-state index in [2.05, 4.69) is 11.9 Å². The van der Waals surface area contributed by atoms with Crippen molar-refractivity contribution in [2.75, 3.05) is 7.05 Å². The van der Waals surface area contributed by atoms with Gasteiger partial charge in [0, 0.05) is 12.6 Å². The van der Waals surface area contributed by atoms with Gasteiger partial charge in [-0.15, -0.1) is 0 Å². The summed E-state index contributed by atoms with van der Waals surface area (Å²) in [5, 5.41) is 2.48. The van der Waals surface area contributed by atoms with Crippen molar-refractivity contribution in [2.45, 2.75) is 6.92 Å². The van der Waals surface area contributed by atoms with Crippen molar-refractivity contribution in [2.24, 2.45) is 0 Å². The molecule has 2 nitrogen and oxygen atoms in total. The molecule has 0 saturated carbocycles. The first-order chi connectivity index (χ1) is 5.22. The van der Waals surface area contributed by atoms with Crippen LogP contribution in [-0.2, 0) is 4.79 Å². The van der Waals surface area contributed by atoms with E-state index in [0.29, 0.717) is 5.57 Å². The molecule has 0 aromatic heterocycles. The van der Waals surface area contributed by atoms with Crippen molar-refractivity contribution in [1.29, 1.82) is 0 Å². The maximum Gasteiger partial charge on any atom is 0.250 e. The van der Waals surface area contributed by atoms with Gasteiger partial charge in [0.1, 0.15) is 0 Å². The zero-order chi connectivity index (χ0) is 8.69. The van der Waals surface area contributed by atoms with Crippen LogP contribution in [0.1, 0.15) is 6.92 Å². The number of carbonyl (C=O) groups excluding carboxylic acids is 1. The molecule has 0 rings (SSSR count). The van der Waals surface area contributed by atoms with E-state index >= 15 is 0 Å². The monoisotopic (exact) mass is 151 g/mol. The van der Waals surface area contributed by atoms with Crippen LogP contribution in [0.15, 0.2) is 36.5 Å². The molecule has 0 aromatic carbocycles. The van der Waals surface area contributed by atoms with Gasteiger partial charge >= 0.3 is 0 Å². The van der Waals surface area contributed by atoms with Crippen LogP contribution in [-0.4, -0.2) is 13.0 Å². The van der Waals surface area contributed by atoms with Gasteiger partial charge < -0.3 is 5.32 Å². The van der Waals surface area contributed by atoms with E-state index in [0.717, 1.165) is 0 Å². The van der Waals surface area contributed by atoms with E-state index in [9.17, 15) is 4.79 Å². The first-order valence-corrected chi connectivity index (χ1v) is 3.42. The lowest BCUT2D eigenvalue weighted by Gasteiger charge is -1.94. The molecule has 0 aliphatic carbocycles. The molecule has 1 N–H and O–H groups in total. The number of hydrogen-bond donors (Lipinski definition) is 1. The maximum absolute atomic E-state index is 10.8. The highest BCUT2D eigenvalue weighted by atomic mass is 16.1. The van der Waals surface area contributed by atoms with E-state index in [1.165, 1.54) is 0 Å². The van der Waals surface area contributed by atoms with Crippen LogP contribution in [0.25, 0.3) is 0 Å². The third-order valence-corrected chi connectivity index (χ3v) is 1.12. The molecule has 0 aromatic rings. The zero-order valence-electron chi connectivity index (χ0n) is 6.92. The molecule has 0 atom stereocenters. The Morgan fingerprint density at radius 1 is 1.45 bits per heavy atom. The molecule has 0 aliphatic rings. The second-order valence-electron chi connectivity index (χ2n) is 1.99. The summed E-state index contributed by atoms with van der Waals surface area (Å²) in [6.07, 6.45) is 7.16. The highest BCUT2D eigenvalue weighted by Gasteiger charge is 1.96. The number of carbonyl (C=O) groups is 1. The molecule has 0 aliphatic heterocycles. The predicted octanol–water partition coefficient (Wildman–Crippen LogP) is 1.42. The molecule has 0 saturated heterocycles. The Kier molecular flexibility index (Phi) is 4.82. The molecular formula is C9H13NO. The summed E-state index contributed by atoms with van der Waals surface area (Å²) in [7, 11) is 1.58. The third kappa shape index (κ3) is 4.14. The average Bonchev–Trinajstić information content (AvgIpc) is 2.03. The molecule has 0 unspecified atom stereocenters. The lowest BCUT2D eigenvalue weighted by molar-refractivity contribution is -0.116. The van der Waals surface area contributed by atoms with Crippen molar-refractivity contribution in [1.82, 2.24) is 5.32 Å². The summed E-state index contributed by atoms with van der Waals surface area (Å²) in [6.45, 7) is 5.47. The quantitative estimate of drug-likeness (QED) is 0.479. The first-order valence-electron chi connectivity index (χ1n) is 3.42. The molecule has 0 spiro atoms. The molecule has 0 radical (unpaired) electrons. The summed E-state index contributed by atoms with van der Waals surface area (Å²) in [6, 6.07) is 0. The fourth-order valence-corrected chi connectivity index (χ4v) is 0.519. The van der Waals surface area contributed by atoms with Gasteiger partial charge in [-0.1, -0.05) is 30.9 Å². The SMILES string of the molecule is C=C(/C=C\C=C/C)C(=O)NC. The molecule has 1 amide bonds. The third-order valence-electron chi connectivity index (χ3n) is 1.12. The minimum Gasteiger partial charge on any atom is -0.355 e. The highest BCUT2D eigenvalue weighted by molar-refractivity contribution is 5.95. The fourth-order valence-electron chi connectivity index (χ4n) is 0.519. The maximum atomic E-state index is 10.8. The van der Waals surface area contributed by atoms with Crippen LogP contribution in [0.2, 0.25) is 0 Å². The molecule has 2 heteroatoms. The summed E-state index contributed by atoms with van der Waals surface area (Å²) < 4.78 is 0. The lowest BCUT2D eigenvalue weighted by Crippen LogP contribution is -2.18. The highest BCUT2D eigenvalue weighted by Crippen LogP contribution is 1.92. The largest absolute Gasteiger partial charge is 0.355 e. The van der Waals surface area contributed by atoms with E-state index in [1.54, 1.807) is 19.2 Å². The second-order valence-corrected chi connectivity index (χ2v) is 1.99. The van der Waals surface area contributed by atoms with Gasteiger partial charge in [-0.2, -0.15) is 0 Å². The topological polar surface area (TPSA) is 29.1 Å². The zero-order valence-corrected chi connectivity index (χ0v) is 6.92. The Balaban J connectivity index is 3.97. The van der Waals surface area contributed by atoms with Gasteiger partial charge in [0.15, 0.2) is 0 Å². The number of nitrogens with one attached hydrogen (secondary N) is 1. The summed E-state index contributed by atoms with van der Waals surface area (Å²) in [4.78, 5) is 10.8. The molecule has 0 fully saturated rings. The van der Waals surface area contributed by atoms with Crippen molar-refractivity contribution in [3.63, 3.8) is 0 Å². The summed E-state index contributed by atoms with van der Waals surface area (Å²) in [5.74, 6) is -0.147. The van der Waals surface area contributed by atoms with Crippen molar-refractivity contribution >= 4 is 5.91 Å². The van der Waals surface area contributed by atoms with Gasteiger partial charge in [0.25, 0.3) is 0 Å². The van der Waals surface area contributed by atoms with Gasteiger partial charge in [-0.25, -0.2) is 0 Å². The molecule has 0 bridgehead atoms. The second kappa shape index (κ2) is 5.47.